The zero-order chi connectivity index (χ0) is 14.5. The van der Waals surface area contributed by atoms with Gasteiger partial charge < -0.3 is 4.74 Å². The zero-order valence-corrected chi connectivity index (χ0v) is 12.6. The highest BCUT2D eigenvalue weighted by molar-refractivity contribution is 9.08. The fraction of sp³-hybridized carbons (Fsp3) is 0.188. The molecule has 0 spiro atoms. The summed E-state index contributed by atoms with van der Waals surface area (Å²) in [5, 5.41) is 0.674. The van der Waals surface area contributed by atoms with Crippen molar-refractivity contribution in [2.75, 3.05) is 7.11 Å². The minimum absolute atomic E-state index is 0.267. The molecule has 0 radical (unpaired) electrons. The molecule has 0 aromatic heterocycles. The second-order valence-corrected chi connectivity index (χ2v) is 4.98. The van der Waals surface area contributed by atoms with Gasteiger partial charge in [0.25, 0.3) is 0 Å². The van der Waals surface area contributed by atoms with Crippen LogP contribution in [0.3, 0.4) is 0 Å². The fourth-order valence-corrected chi connectivity index (χ4v) is 2.33. The van der Waals surface area contributed by atoms with Gasteiger partial charge in [-0.25, -0.2) is 9.18 Å². The number of carbonyl (C=O) groups is 1. The van der Waals surface area contributed by atoms with E-state index in [-0.39, 0.29) is 11.8 Å². The van der Waals surface area contributed by atoms with Crippen LogP contribution >= 0.6 is 15.9 Å². The SMILES string of the molecule is COC(=O)c1cc(CBr)ccc1Cc1ccc(F)cc1. The number of methoxy groups -OCH3 is 1. The summed E-state index contributed by atoms with van der Waals surface area (Å²) in [5.74, 6) is -0.624. The Hall–Kier alpha value is -1.68. The van der Waals surface area contributed by atoms with Crippen LogP contribution in [0.25, 0.3) is 0 Å². The number of rotatable bonds is 4. The second-order valence-electron chi connectivity index (χ2n) is 4.42. The van der Waals surface area contributed by atoms with E-state index in [4.69, 9.17) is 4.74 Å². The lowest BCUT2D eigenvalue weighted by Gasteiger charge is -2.10. The minimum atomic E-state index is -0.357. The van der Waals surface area contributed by atoms with Crippen LogP contribution in [-0.2, 0) is 16.5 Å². The average Bonchev–Trinajstić information content (AvgIpc) is 2.49. The smallest absolute Gasteiger partial charge is 0.338 e. The van der Waals surface area contributed by atoms with E-state index < -0.39 is 0 Å². The Bertz CT molecular complexity index is 608. The van der Waals surface area contributed by atoms with Crippen molar-refractivity contribution < 1.29 is 13.9 Å². The molecule has 0 bridgehead atoms. The lowest BCUT2D eigenvalue weighted by Crippen LogP contribution is -2.07. The Morgan fingerprint density at radius 1 is 1.15 bits per heavy atom. The molecule has 2 aromatic carbocycles. The normalized spacial score (nSPS) is 10.3. The molecule has 0 unspecified atom stereocenters. The maximum Gasteiger partial charge on any atom is 0.338 e. The third-order valence-electron chi connectivity index (χ3n) is 3.04. The molecule has 0 amide bonds. The Morgan fingerprint density at radius 2 is 1.80 bits per heavy atom. The van der Waals surface area contributed by atoms with Crippen LogP contribution in [0.15, 0.2) is 42.5 Å². The van der Waals surface area contributed by atoms with E-state index in [2.05, 4.69) is 15.9 Å². The van der Waals surface area contributed by atoms with Crippen LogP contribution in [0.5, 0.6) is 0 Å². The van der Waals surface area contributed by atoms with Crippen molar-refractivity contribution in [2.24, 2.45) is 0 Å². The van der Waals surface area contributed by atoms with Gasteiger partial charge in [0.05, 0.1) is 12.7 Å². The molecule has 0 aliphatic carbocycles. The summed E-state index contributed by atoms with van der Waals surface area (Å²) in [4.78, 5) is 11.8. The summed E-state index contributed by atoms with van der Waals surface area (Å²) >= 11 is 3.37. The van der Waals surface area contributed by atoms with Gasteiger partial charge in [-0.15, -0.1) is 0 Å². The number of esters is 1. The van der Waals surface area contributed by atoms with Gasteiger partial charge in [-0.1, -0.05) is 40.2 Å². The summed E-state index contributed by atoms with van der Waals surface area (Å²) in [6.07, 6.45) is 0.563. The van der Waals surface area contributed by atoms with E-state index >= 15 is 0 Å². The number of carbonyl (C=O) groups excluding carboxylic acids is 1. The molecule has 2 nitrogen and oxygen atoms in total. The maximum atomic E-state index is 12.9. The van der Waals surface area contributed by atoms with Gasteiger partial charge in [-0.3, -0.25) is 0 Å². The number of hydrogen-bond donors (Lipinski definition) is 0. The standard InChI is InChI=1S/C16H14BrFO2/c1-20-16(19)15-9-12(10-17)2-5-13(15)8-11-3-6-14(18)7-4-11/h2-7,9H,8,10H2,1H3. The van der Waals surface area contributed by atoms with Crippen LogP contribution in [0, 0.1) is 5.82 Å². The third-order valence-corrected chi connectivity index (χ3v) is 3.69. The lowest BCUT2D eigenvalue weighted by atomic mass is 9.98. The lowest BCUT2D eigenvalue weighted by molar-refractivity contribution is 0.0599. The van der Waals surface area contributed by atoms with Crippen LogP contribution in [0.1, 0.15) is 27.0 Å². The molecule has 104 valence electrons. The molecule has 0 aliphatic rings. The topological polar surface area (TPSA) is 26.3 Å². The summed E-state index contributed by atoms with van der Waals surface area (Å²) in [7, 11) is 1.37. The molecule has 20 heavy (non-hydrogen) atoms. The molecule has 0 saturated carbocycles. The van der Waals surface area contributed by atoms with Gasteiger partial charge in [0, 0.05) is 5.33 Å². The van der Waals surface area contributed by atoms with E-state index in [1.54, 1.807) is 12.1 Å². The molecule has 0 atom stereocenters. The van der Waals surface area contributed by atoms with Gasteiger partial charge in [0.15, 0.2) is 0 Å². The van der Waals surface area contributed by atoms with Gasteiger partial charge in [0.1, 0.15) is 5.82 Å². The first-order valence-electron chi connectivity index (χ1n) is 6.14. The molecule has 4 heteroatoms. The fourth-order valence-electron chi connectivity index (χ4n) is 1.98. The van der Waals surface area contributed by atoms with E-state index in [1.165, 1.54) is 19.2 Å². The van der Waals surface area contributed by atoms with Crippen LogP contribution in [0.4, 0.5) is 4.39 Å². The van der Waals surface area contributed by atoms with Crippen molar-refractivity contribution in [1.82, 2.24) is 0 Å². The molecule has 0 N–H and O–H groups in total. The van der Waals surface area contributed by atoms with Gasteiger partial charge >= 0.3 is 5.97 Å². The predicted octanol–water partition coefficient (Wildman–Crippen LogP) is 4.10. The molecule has 0 aliphatic heterocycles. The third kappa shape index (κ3) is 3.45. The van der Waals surface area contributed by atoms with Crippen molar-refractivity contribution >= 4 is 21.9 Å². The number of benzene rings is 2. The highest BCUT2D eigenvalue weighted by Crippen LogP contribution is 2.19. The van der Waals surface area contributed by atoms with Crippen LogP contribution in [-0.4, -0.2) is 13.1 Å². The number of hydrogen-bond acceptors (Lipinski definition) is 2. The van der Waals surface area contributed by atoms with E-state index in [0.29, 0.717) is 17.3 Å². The highest BCUT2D eigenvalue weighted by atomic mass is 79.9. The molecule has 2 rings (SSSR count). The first-order chi connectivity index (χ1) is 9.63. The van der Waals surface area contributed by atoms with Crippen molar-refractivity contribution in [3.8, 4) is 0 Å². The van der Waals surface area contributed by atoms with Crippen molar-refractivity contribution in [3.05, 3.63) is 70.5 Å². The number of ether oxygens (including phenoxy) is 1. The minimum Gasteiger partial charge on any atom is -0.465 e. The van der Waals surface area contributed by atoms with E-state index in [9.17, 15) is 9.18 Å². The predicted molar refractivity (Wildman–Crippen MR) is 79.6 cm³/mol. The van der Waals surface area contributed by atoms with E-state index in [0.717, 1.165) is 16.7 Å². The average molecular weight is 337 g/mol. The maximum absolute atomic E-state index is 12.9. The first-order valence-corrected chi connectivity index (χ1v) is 7.26. The van der Waals surface area contributed by atoms with Crippen molar-refractivity contribution in [3.63, 3.8) is 0 Å². The van der Waals surface area contributed by atoms with Crippen LogP contribution < -0.4 is 0 Å². The summed E-state index contributed by atoms with van der Waals surface area (Å²) in [6.45, 7) is 0. The summed E-state index contributed by atoms with van der Waals surface area (Å²) in [6, 6.07) is 12.0. The molecular formula is C16H14BrFO2. The quantitative estimate of drug-likeness (QED) is 0.620. The van der Waals surface area contributed by atoms with Crippen molar-refractivity contribution in [1.29, 1.82) is 0 Å². The second kappa shape index (κ2) is 6.66. The monoisotopic (exact) mass is 336 g/mol. The van der Waals surface area contributed by atoms with Crippen LogP contribution in [0.2, 0.25) is 0 Å². The molecule has 0 saturated heterocycles. The molecular weight excluding hydrogens is 323 g/mol. The molecule has 0 fully saturated rings. The van der Waals surface area contributed by atoms with Gasteiger partial charge in [0.2, 0.25) is 0 Å². The molecule has 0 heterocycles. The molecule has 2 aromatic rings. The Kier molecular flexibility index (Phi) is 4.90. The Balaban J connectivity index is 2.35. The highest BCUT2D eigenvalue weighted by Gasteiger charge is 2.13. The number of alkyl halides is 1. The first kappa shape index (κ1) is 14.7. The summed E-state index contributed by atoms with van der Waals surface area (Å²) < 4.78 is 17.7. The largest absolute Gasteiger partial charge is 0.465 e. The Labute approximate surface area is 125 Å². The van der Waals surface area contributed by atoms with Gasteiger partial charge in [-0.05, 0) is 41.3 Å². The van der Waals surface area contributed by atoms with E-state index in [1.807, 2.05) is 18.2 Å². The van der Waals surface area contributed by atoms with Gasteiger partial charge in [-0.2, -0.15) is 0 Å². The Morgan fingerprint density at radius 3 is 2.40 bits per heavy atom. The summed E-state index contributed by atoms with van der Waals surface area (Å²) in [5.41, 5.74) is 3.37. The van der Waals surface area contributed by atoms with Crippen molar-refractivity contribution in [2.45, 2.75) is 11.8 Å². The zero-order valence-electron chi connectivity index (χ0n) is 11.0. The number of halogens is 2.